The van der Waals surface area contributed by atoms with Gasteiger partial charge in [0, 0.05) is 51.0 Å². The van der Waals surface area contributed by atoms with Crippen LogP contribution in [0.15, 0.2) is 48.9 Å². The molecule has 5 rings (SSSR count). The molecule has 216 valence electrons. The number of anilines is 1. The molecule has 0 radical (unpaired) electrons. The second-order valence-corrected chi connectivity index (χ2v) is 10.4. The Morgan fingerprint density at radius 2 is 2.00 bits per heavy atom. The summed E-state index contributed by atoms with van der Waals surface area (Å²) >= 11 is 0. The molecule has 2 amide bonds. The van der Waals surface area contributed by atoms with Crippen molar-refractivity contribution in [1.82, 2.24) is 34.0 Å². The fourth-order valence-electron chi connectivity index (χ4n) is 5.48. The minimum absolute atomic E-state index is 0.276. The van der Waals surface area contributed by atoms with Gasteiger partial charge in [0.2, 0.25) is 0 Å². The summed E-state index contributed by atoms with van der Waals surface area (Å²) in [5.41, 5.74) is 3.96. The minimum Gasteiger partial charge on any atom is -0.495 e. The van der Waals surface area contributed by atoms with Crippen LogP contribution in [0.2, 0.25) is 0 Å². The molecule has 1 aliphatic heterocycles. The zero-order chi connectivity index (χ0) is 28.9. The summed E-state index contributed by atoms with van der Waals surface area (Å²) in [6, 6.07) is 8.04. The number of amides is 2. The summed E-state index contributed by atoms with van der Waals surface area (Å²) < 4.78 is 11.1. The lowest BCUT2D eigenvalue weighted by molar-refractivity contribution is -0.121. The van der Waals surface area contributed by atoms with Crippen LogP contribution in [0.5, 0.6) is 5.75 Å². The van der Waals surface area contributed by atoms with Crippen molar-refractivity contribution in [3.63, 3.8) is 0 Å². The summed E-state index contributed by atoms with van der Waals surface area (Å²) in [5.74, 6) is 0.204. The number of hydrogen-bond donors (Lipinski definition) is 1. The first-order valence-electron chi connectivity index (χ1n) is 14.2. The van der Waals surface area contributed by atoms with E-state index in [1.54, 1.807) is 35.0 Å². The number of para-hydroxylation sites is 2. The highest BCUT2D eigenvalue weighted by molar-refractivity contribution is 6.01. The monoisotopic (exact) mass is 558 g/mol. The number of carbonyl (C=O) groups excluding carboxylic acids is 2. The van der Waals surface area contributed by atoms with E-state index in [9.17, 15) is 9.59 Å². The SMILES string of the molecule is CCCn1ccc(C(C(=O)Nc2ccccc2OC)N(CCc2cn(C)nc2C)C(=O)c2ncc3n2CCCC3)n1. The highest BCUT2D eigenvalue weighted by Crippen LogP contribution is 2.29. The van der Waals surface area contributed by atoms with Crippen molar-refractivity contribution >= 4 is 17.5 Å². The largest absolute Gasteiger partial charge is 0.495 e. The predicted octanol–water partition coefficient (Wildman–Crippen LogP) is 3.94. The van der Waals surface area contributed by atoms with Crippen molar-refractivity contribution in [2.45, 2.75) is 65.1 Å². The molecule has 1 N–H and O–H groups in total. The Labute approximate surface area is 240 Å². The van der Waals surface area contributed by atoms with Gasteiger partial charge in [0.05, 0.1) is 24.2 Å². The number of benzene rings is 1. The van der Waals surface area contributed by atoms with Gasteiger partial charge in [0.15, 0.2) is 11.9 Å². The van der Waals surface area contributed by atoms with Gasteiger partial charge in [0.1, 0.15) is 5.75 Å². The number of carbonyl (C=O) groups is 2. The number of aromatic nitrogens is 6. The molecule has 0 fully saturated rings. The second kappa shape index (κ2) is 12.4. The summed E-state index contributed by atoms with van der Waals surface area (Å²) in [4.78, 5) is 34.7. The molecule has 1 aliphatic rings. The molecule has 0 saturated carbocycles. The normalized spacial score (nSPS) is 13.5. The maximum Gasteiger partial charge on any atom is 0.290 e. The van der Waals surface area contributed by atoms with Gasteiger partial charge in [-0.05, 0) is 62.8 Å². The van der Waals surface area contributed by atoms with E-state index >= 15 is 0 Å². The van der Waals surface area contributed by atoms with Gasteiger partial charge in [-0.15, -0.1) is 0 Å². The first-order valence-corrected chi connectivity index (χ1v) is 14.2. The number of imidazole rings is 1. The van der Waals surface area contributed by atoms with Crippen LogP contribution in [-0.2, 0) is 37.8 Å². The number of hydrogen-bond acceptors (Lipinski definition) is 6. The second-order valence-electron chi connectivity index (χ2n) is 10.4. The standard InChI is InChI=1S/C30H38N8O3/c1-5-15-36-17-14-25(34-36)27(29(39)32-24-11-6-7-12-26(24)41-4)38(18-13-22-20-35(3)33-21(22)2)30(40)28-31-19-23-10-8-9-16-37(23)28/h6-7,11-12,14,17,19-20,27H,5,8-10,13,15-16,18H2,1-4H3,(H,32,39). The number of rotatable bonds is 11. The summed E-state index contributed by atoms with van der Waals surface area (Å²) in [6.07, 6.45) is 9.95. The quantitative estimate of drug-likeness (QED) is 0.298. The van der Waals surface area contributed by atoms with Crippen molar-refractivity contribution in [2.24, 2.45) is 7.05 Å². The molecule has 0 spiro atoms. The Morgan fingerprint density at radius 3 is 2.76 bits per heavy atom. The lowest BCUT2D eigenvalue weighted by Crippen LogP contribution is -2.44. The molecular formula is C30H38N8O3. The van der Waals surface area contributed by atoms with E-state index in [-0.39, 0.29) is 18.4 Å². The molecule has 0 bridgehead atoms. The molecule has 0 aliphatic carbocycles. The Kier molecular flexibility index (Phi) is 8.51. The van der Waals surface area contributed by atoms with Gasteiger partial charge in [-0.1, -0.05) is 19.1 Å². The minimum atomic E-state index is -1.00. The summed E-state index contributed by atoms with van der Waals surface area (Å²) in [5, 5.41) is 12.2. The highest BCUT2D eigenvalue weighted by Gasteiger charge is 2.36. The Morgan fingerprint density at radius 1 is 1.17 bits per heavy atom. The molecular weight excluding hydrogens is 520 g/mol. The number of aryl methyl sites for hydroxylation is 4. The van der Waals surface area contributed by atoms with Gasteiger partial charge < -0.3 is 19.5 Å². The molecule has 1 unspecified atom stereocenters. The van der Waals surface area contributed by atoms with Crippen LogP contribution in [0.25, 0.3) is 0 Å². The van der Waals surface area contributed by atoms with Crippen LogP contribution < -0.4 is 10.1 Å². The van der Waals surface area contributed by atoms with E-state index in [4.69, 9.17) is 9.84 Å². The Balaban J connectivity index is 1.56. The Bertz CT molecular complexity index is 1520. The van der Waals surface area contributed by atoms with Crippen LogP contribution in [0.4, 0.5) is 5.69 Å². The van der Waals surface area contributed by atoms with Crippen LogP contribution in [0.3, 0.4) is 0 Å². The van der Waals surface area contributed by atoms with E-state index in [0.29, 0.717) is 35.9 Å². The van der Waals surface area contributed by atoms with Crippen molar-refractivity contribution in [2.75, 3.05) is 19.0 Å². The molecule has 1 atom stereocenters. The Hall–Kier alpha value is -4.41. The van der Waals surface area contributed by atoms with E-state index in [0.717, 1.165) is 49.2 Å². The number of ether oxygens (including phenoxy) is 1. The van der Waals surface area contributed by atoms with E-state index in [1.165, 1.54) is 0 Å². The molecule has 1 aromatic carbocycles. The van der Waals surface area contributed by atoms with Gasteiger partial charge >= 0.3 is 0 Å². The van der Waals surface area contributed by atoms with Crippen LogP contribution in [0.1, 0.15) is 65.5 Å². The van der Waals surface area contributed by atoms with Gasteiger partial charge in [0.25, 0.3) is 11.8 Å². The third kappa shape index (κ3) is 6.03. The van der Waals surface area contributed by atoms with Crippen LogP contribution in [0, 0.1) is 6.92 Å². The van der Waals surface area contributed by atoms with Gasteiger partial charge in [-0.25, -0.2) is 4.98 Å². The first-order chi connectivity index (χ1) is 19.9. The number of nitrogens with zero attached hydrogens (tertiary/aromatic N) is 7. The van der Waals surface area contributed by atoms with E-state index in [1.807, 2.05) is 53.8 Å². The zero-order valence-electron chi connectivity index (χ0n) is 24.2. The molecule has 11 nitrogen and oxygen atoms in total. The number of nitrogens with one attached hydrogen (secondary N) is 1. The molecule has 4 heterocycles. The maximum atomic E-state index is 14.4. The zero-order valence-corrected chi connectivity index (χ0v) is 24.2. The average Bonchev–Trinajstić information content (AvgIpc) is 3.69. The maximum absolute atomic E-state index is 14.4. The predicted molar refractivity (Wildman–Crippen MR) is 155 cm³/mol. The lowest BCUT2D eigenvalue weighted by atomic mass is 10.1. The third-order valence-electron chi connectivity index (χ3n) is 7.51. The molecule has 3 aromatic heterocycles. The molecule has 4 aromatic rings. The highest BCUT2D eigenvalue weighted by atomic mass is 16.5. The fraction of sp³-hybridized carbons (Fsp3) is 0.433. The van der Waals surface area contributed by atoms with Crippen molar-refractivity contribution in [3.05, 3.63) is 77.4 Å². The van der Waals surface area contributed by atoms with Crippen LogP contribution in [-0.4, -0.2) is 59.5 Å². The summed E-state index contributed by atoms with van der Waals surface area (Å²) in [6.45, 7) is 5.73. The van der Waals surface area contributed by atoms with Crippen molar-refractivity contribution < 1.29 is 14.3 Å². The third-order valence-corrected chi connectivity index (χ3v) is 7.51. The average molecular weight is 559 g/mol. The van der Waals surface area contributed by atoms with E-state index < -0.39 is 6.04 Å². The lowest BCUT2D eigenvalue weighted by Gasteiger charge is -2.30. The van der Waals surface area contributed by atoms with Gasteiger partial charge in [-0.3, -0.25) is 19.0 Å². The molecule has 41 heavy (non-hydrogen) atoms. The van der Waals surface area contributed by atoms with Crippen LogP contribution >= 0.6 is 0 Å². The summed E-state index contributed by atoms with van der Waals surface area (Å²) in [7, 11) is 3.43. The van der Waals surface area contributed by atoms with E-state index in [2.05, 4.69) is 22.3 Å². The topological polar surface area (TPSA) is 112 Å². The molecule has 0 saturated heterocycles. The van der Waals surface area contributed by atoms with Gasteiger partial charge in [-0.2, -0.15) is 10.2 Å². The number of methoxy groups -OCH3 is 1. The fourth-order valence-corrected chi connectivity index (χ4v) is 5.48. The first kappa shape index (κ1) is 28.1. The molecule has 11 heteroatoms. The smallest absolute Gasteiger partial charge is 0.290 e. The van der Waals surface area contributed by atoms with Crippen molar-refractivity contribution in [1.29, 1.82) is 0 Å². The number of fused-ring (bicyclic) bond motifs is 1. The van der Waals surface area contributed by atoms with Crippen molar-refractivity contribution in [3.8, 4) is 5.75 Å².